The molecule has 1 aromatic carbocycles. The van der Waals surface area contributed by atoms with Crippen molar-refractivity contribution in [2.75, 3.05) is 0 Å². The van der Waals surface area contributed by atoms with E-state index in [4.69, 9.17) is 4.74 Å². The second-order valence-electron chi connectivity index (χ2n) is 2.58. The van der Waals surface area contributed by atoms with Gasteiger partial charge in [-0.2, -0.15) is 0 Å². The molecule has 1 nitrogen and oxygen atoms in total. The van der Waals surface area contributed by atoms with Crippen molar-refractivity contribution in [3.05, 3.63) is 48.2 Å². The van der Waals surface area contributed by atoms with Gasteiger partial charge in [0.2, 0.25) is 0 Å². The van der Waals surface area contributed by atoms with E-state index in [2.05, 4.69) is 19.1 Å². The first-order chi connectivity index (χ1) is 5.93. The highest BCUT2D eigenvalue weighted by atomic mass is 16.5. The fraction of sp³-hybridized carbons (Fsp3) is 0.273. The molecule has 1 rings (SSSR count). The lowest BCUT2D eigenvalue weighted by atomic mass is 10.2. The molecule has 0 atom stereocenters. The molecule has 0 aliphatic rings. The molecule has 0 aliphatic heterocycles. The fourth-order valence-electron chi connectivity index (χ4n) is 0.883. The maximum absolute atomic E-state index is 5.28. The van der Waals surface area contributed by atoms with E-state index in [1.54, 1.807) is 6.26 Å². The summed E-state index contributed by atoms with van der Waals surface area (Å²) in [5.74, 6) is 0. The van der Waals surface area contributed by atoms with Gasteiger partial charge in [0.05, 0.1) is 6.26 Å². The summed E-state index contributed by atoms with van der Waals surface area (Å²) >= 11 is 0. The number of hydrogen-bond donors (Lipinski definition) is 0. The fourth-order valence-corrected chi connectivity index (χ4v) is 0.883. The van der Waals surface area contributed by atoms with Crippen LogP contribution in [0, 0.1) is 0 Å². The Labute approximate surface area is 73.7 Å². The lowest BCUT2D eigenvalue weighted by molar-refractivity contribution is 0.235. The average Bonchev–Trinajstić information content (AvgIpc) is 2.14. The van der Waals surface area contributed by atoms with E-state index >= 15 is 0 Å². The summed E-state index contributed by atoms with van der Waals surface area (Å²) in [7, 11) is 0. The molecule has 0 aromatic heterocycles. The molecule has 1 aromatic rings. The van der Waals surface area contributed by atoms with Gasteiger partial charge in [-0.05, 0) is 12.0 Å². The topological polar surface area (TPSA) is 9.23 Å². The molecule has 0 heterocycles. The molecule has 1 heteroatoms. The van der Waals surface area contributed by atoms with Gasteiger partial charge in [-0.1, -0.05) is 43.3 Å². The number of hydrogen-bond acceptors (Lipinski definition) is 1. The van der Waals surface area contributed by atoms with E-state index in [-0.39, 0.29) is 0 Å². The van der Waals surface area contributed by atoms with E-state index < -0.39 is 0 Å². The predicted octanol–water partition coefficient (Wildman–Crippen LogP) is 3.13. The zero-order chi connectivity index (χ0) is 8.65. The minimum Gasteiger partial charge on any atom is -0.497 e. The lowest BCUT2D eigenvalue weighted by Crippen LogP contribution is -1.84. The molecule has 0 amide bonds. The lowest BCUT2D eigenvalue weighted by Gasteiger charge is -1.99. The zero-order valence-corrected chi connectivity index (χ0v) is 7.36. The Hall–Kier alpha value is -1.24. The van der Waals surface area contributed by atoms with Crippen LogP contribution < -0.4 is 0 Å². The Balaban J connectivity index is 2.29. The second-order valence-corrected chi connectivity index (χ2v) is 2.58. The third-order valence-electron chi connectivity index (χ3n) is 1.52. The average molecular weight is 162 g/mol. The Morgan fingerprint density at radius 3 is 2.67 bits per heavy atom. The monoisotopic (exact) mass is 162 g/mol. The standard InChI is InChI=1S/C11H14O/c1-2-3-9-12-10-11-7-5-4-6-8-11/h3-9H,2,10H2,1H3/b9-3-. The molecule has 12 heavy (non-hydrogen) atoms. The van der Waals surface area contributed by atoms with Crippen molar-refractivity contribution in [2.45, 2.75) is 20.0 Å². The van der Waals surface area contributed by atoms with Crippen molar-refractivity contribution in [3.63, 3.8) is 0 Å². The molecule has 64 valence electrons. The minimum absolute atomic E-state index is 0.664. The Morgan fingerprint density at radius 1 is 1.25 bits per heavy atom. The summed E-state index contributed by atoms with van der Waals surface area (Å²) in [4.78, 5) is 0. The maximum Gasteiger partial charge on any atom is 0.112 e. The first-order valence-electron chi connectivity index (χ1n) is 4.24. The zero-order valence-electron chi connectivity index (χ0n) is 7.36. The van der Waals surface area contributed by atoms with Gasteiger partial charge in [-0.15, -0.1) is 0 Å². The van der Waals surface area contributed by atoms with Crippen LogP contribution in [0.1, 0.15) is 18.9 Å². The van der Waals surface area contributed by atoms with E-state index in [0.717, 1.165) is 6.42 Å². The Morgan fingerprint density at radius 2 is 2.00 bits per heavy atom. The second kappa shape index (κ2) is 5.42. The Kier molecular flexibility index (Phi) is 4.00. The molecule has 0 saturated carbocycles. The van der Waals surface area contributed by atoms with Crippen LogP contribution in [0.25, 0.3) is 0 Å². The van der Waals surface area contributed by atoms with E-state index in [0.29, 0.717) is 6.61 Å². The SMILES string of the molecule is CC/C=C\OCc1ccccc1. The minimum atomic E-state index is 0.664. The van der Waals surface area contributed by atoms with Gasteiger partial charge in [0, 0.05) is 0 Å². The summed E-state index contributed by atoms with van der Waals surface area (Å²) in [6.07, 6.45) is 4.78. The maximum atomic E-state index is 5.28. The summed E-state index contributed by atoms with van der Waals surface area (Å²) in [6.45, 7) is 2.75. The van der Waals surface area contributed by atoms with Crippen LogP contribution in [0.3, 0.4) is 0 Å². The van der Waals surface area contributed by atoms with Gasteiger partial charge >= 0.3 is 0 Å². The molecular formula is C11H14O. The smallest absolute Gasteiger partial charge is 0.112 e. The third-order valence-corrected chi connectivity index (χ3v) is 1.52. The molecule has 0 radical (unpaired) electrons. The predicted molar refractivity (Wildman–Crippen MR) is 50.7 cm³/mol. The van der Waals surface area contributed by atoms with Gasteiger partial charge in [-0.3, -0.25) is 0 Å². The molecule has 0 N–H and O–H groups in total. The number of rotatable bonds is 4. The quantitative estimate of drug-likeness (QED) is 0.618. The van der Waals surface area contributed by atoms with Crippen molar-refractivity contribution in [2.24, 2.45) is 0 Å². The van der Waals surface area contributed by atoms with Crippen LogP contribution in [0.4, 0.5) is 0 Å². The summed E-state index contributed by atoms with van der Waals surface area (Å²) < 4.78 is 5.28. The van der Waals surface area contributed by atoms with Crippen LogP contribution in [-0.4, -0.2) is 0 Å². The Bertz CT molecular complexity index is 226. The van der Waals surface area contributed by atoms with E-state index in [1.165, 1.54) is 5.56 Å². The molecule has 0 bridgehead atoms. The highest BCUT2D eigenvalue weighted by Crippen LogP contribution is 2.00. The van der Waals surface area contributed by atoms with Crippen molar-refractivity contribution in [1.82, 2.24) is 0 Å². The van der Waals surface area contributed by atoms with Gasteiger partial charge in [0.15, 0.2) is 0 Å². The van der Waals surface area contributed by atoms with Gasteiger partial charge in [0.1, 0.15) is 6.61 Å². The van der Waals surface area contributed by atoms with Crippen LogP contribution >= 0.6 is 0 Å². The normalized spacial score (nSPS) is 10.4. The largest absolute Gasteiger partial charge is 0.497 e. The van der Waals surface area contributed by atoms with E-state index in [9.17, 15) is 0 Å². The van der Waals surface area contributed by atoms with Gasteiger partial charge < -0.3 is 4.74 Å². The summed E-state index contributed by atoms with van der Waals surface area (Å²) in [6, 6.07) is 10.1. The summed E-state index contributed by atoms with van der Waals surface area (Å²) in [5, 5.41) is 0. The number of allylic oxidation sites excluding steroid dienone is 1. The number of benzene rings is 1. The molecule has 0 spiro atoms. The highest BCUT2D eigenvalue weighted by molar-refractivity contribution is 5.13. The van der Waals surface area contributed by atoms with Crippen molar-refractivity contribution < 1.29 is 4.74 Å². The molecule has 0 saturated heterocycles. The third kappa shape index (κ3) is 3.24. The molecule has 0 aliphatic carbocycles. The molecule has 0 fully saturated rings. The van der Waals surface area contributed by atoms with Gasteiger partial charge in [-0.25, -0.2) is 0 Å². The van der Waals surface area contributed by atoms with Crippen LogP contribution in [0.2, 0.25) is 0 Å². The first-order valence-corrected chi connectivity index (χ1v) is 4.24. The highest BCUT2D eigenvalue weighted by Gasteiger charge is 1.86. The van der Waals surface area contributed by atoms with Crippen molar-refractivity contribution in [3.8, 4) is 0 Å². The van der Waals surface area contributed by atoms with Crippen LogP contribution in [0.15, 0.2) is 42.7 Å². The summed E-state index contributed by atoms with van der Waals surface area (Å²) in [5.41, 5.74) is 1.21. The first kappa shape index (κ1) is 8.85. The van der Waals surface area contributed by atoms with Crippen molar-refractivity contribution >= 4 is 0 Å². The number of ether oxygens (including phenoxy) is 1. The van der Waals surface area contributed by atoms with Crippen LogP contribution in [0.5, 0.6) is 0 Å². The molecule has 0 unspecified atom stereocenters. The van der Waals surface area contributed by atoms with Gasteiger partial charge in [0.25, 0.3) is 0 Å². The van der Waals surface area contributed by atoms with E-state index in [1.807, 2.05) is 24.3 Å². The van der Waals surface area contributed by atoms with Crippen LogP contribution in [-0.2, 0) is 11.3 Å². The van der Waals surface area contributed by atoms with Crippen molar-refractivity contribution in [1.29, 1.82) is 0 Å². The molecular weight excluding hydrogens is 148 g/mol.